The van der Waals surface area contributed by atoms with Gasteiger partial charge in [-0.3, -0.25) is 23.6 Å². The van der Waals surface area contributed by atoms with E-state index in [9.17, 15) is 14.4 Å². The third-order valence-electron chi connectivity index (χ3n) is 5.00. The molecule has 0 spiro atoms. The van der Waals surface area contributed by atoms with Crippen LogP contribution in [0.5, 0.6) is 0 Å². The highest BCUT2D eigenvalue weighted by atomic mass is 32.2. The molecular weight excluding hydrogens is 418 g/mol. The minimum atomic E-state index is -0.545. The van der Waals surface area contributed by atoms with Gasteiger partial charge in [-0.2, -0.15) is 5.10 Å². The van der Waals surface area contributed by atoms with E-state index in [1.807, 2.05) is 20.9 Å². The highest BCUT2D eigenvalue weighted by molar-refractivity contribution is 8.00. The summed E-state index contributed by atoms with van der Waals surface area (Å²) in [4.78, 5) is 42.1. The molecule has 1 N–H and O–H groups in total. The lowest BCUT2D eigenvalue weighted by atomic mass is 10.2. The number of ether oxygens (including phenoxy) is 1. The van der Waals surface area contributed by atoms with Crippen LogP contribution in [0.4, 0.5) is 5.69 Å². The van der Waals surface area contributed by atoms with Crippen LogP contribution in [0.3, 0.4) is 0 Å². The standard InChI is InChI=1S/C21H25N5O4S/c1-12-18(13(2)25(4)24-12)23-19(28)14(3)31-21-22-16-9-7-6-8-15(16)20(29)26(21)11-10-17(27)30-5/h6-9,14H,10-11H2,1-5H3,(H,23,28). The van der Waals surface area contributed by atoms with Crippen molar-refractivity contribution in [2.45, 2.75) is 44.1 Å². The monoisotopic (exact) mass is 443 g/mol. The highest BCUT2D eigenvalue weighted by Crippen LogP contribution is 2.25. The number of hydrogen-bond donors (Lipinski definition) is 1. The fourth-order valence-corrected chi connectivity index (χ4v) is 4.07. The Morgan fingerprint density at radius 3 is 2.61 bits per heavy atom. The number of amides is 1. The Balaban J connectivity index is 1.90. The maximum Gasteiger partial charge on any atom is 0.307 e. The largest absolute Gasteiger partial charge is 0.469 e. The van der Waals surface area contributed by atoms with Gasteiger partial charge in [-0.15, -0.1) is 0 Å². The van der Waals surface area contributed by atoms with Crippen molar-refractivity contribution in [3.05, 3.63) is 46.0 Å². The van der Waals surface area contributed by atoms with Gasteiger partial charge < -0.3 is 10.1 Å². The molecule has 2 aromatic heterocycles. The molecular formula is C21H25N5O4S. The smallest absolute Gasteiger partial charge is 0.307 e. The van der Waals surface area contributed by atoms with Crippen LogP contribution in [0.15, 0.2) is 34.2 Å². The number of para-hydroxylation sites is 1. The lowest BCUT2D eigenvalue weighted by Gasteiger charge is -2.16. The van der Waals surface area contributed by atoms with Crippen LogP contribution in [-0.4, -0.2) is 43.6 Å². The number of benzene rings is 1. The number of fused-ring (bicyclic) bond motifs is 1. The summed E-state index contributed by atoms with van der Waals surface area (Å²) in [5.41, 5.74) is 2.53. The topological polar surface area (TPSA) is 108 Å². The Labute approximate surface area is 183 Å². The second-order valence-corrected chi connectivity index (χ2v) is 8.42. The molecule has 1 atom stereocenters. The van der Waals surface area contributed by atoms with Crippen LogP contribution in [0.25, 0.3) is 10.9 Å². The van der Waals surface area contributed by atoms with E-state index in [2.05, 4.69) is 15.4 Å². The number of nitrogens with zero attached hydrogens (tertiary/aromatic N) is 4. The Hall–Kier alpha value is -3.14. The summed E-state index contributed by atoms with van der Waals surface area (Å²) in [6.07, 6.45) is 0.0264. The predicted molar refractivity (Wildman–Crippen MR) is 119 cm³/mol. The first-order valence-electron chi connectivity index (χ1n) is 9.77. The fourth-order valence-electron chi connectivity index (χ4n) is 3.13. The van der Waals surface area contributed by atoms with Crippen LogP contribution in [0.2, 0.25) is 0 Å². The number of rotatable bonds is 7. The number of thioether (sulfide) groups is 1. The van der Waals surface area contributed by atoms with Gasteiger partial charge in [-0.1, -0.05) is 23.9 Å². The van der Waals surface area contributed by atoms with E-state index in [1.165, 1.54) is 11.7 Å². The number of esters is 1. The van der Waals surface area contributed by atoms with Gasteiger partial charge in [0, 0.05) is 13.6 Å². The average Bonchev–Trinajstić information content (AvgIpc) is 2.99. The number of nitrogens with one attached hydrogen (secondary N) is 1. The van der Waals surface area contributed by atoms with Crippen molar-refractivity contribution in [2.75, 3.05) is 12.4 Å². The third-order valence-corrected chi connectivity index (χ3v) is 6.09. The van der Waals surface area contributed by atoms with Gasteiger partial charge in [-0.25, -0.2) is 4.98 Å². The van der Waals surface area contributed by atoms with Crippen LogP contribution in [0.1, 0.15) is 24.7 Å². The molecule has 0 aliphatic heterocycles. The zero-order valence-corrected chi connectivity index (χ0v) is 18.9. The lowest BCUT2D eigenvalue weighted by Crippen LogP contribution is -2.28. The number of anilines is 1. The Kier molecular flexibility index (Phi) is 6.79. The Morgan fingerprint density at radius 2 is 1.97 bits per heavy atom. The van der Waals surface area contributed by atoms with Gasteiger partial charge in [0.25, 0.3) is 5.56 Å². The number of hydrogen-bond acceptors (Lipinski definition) is 7. The minimum absolute atomic E-state index is 0.0264. The summed E-state index contributed by atoms with van der Waals surface area (Å²) in [6, 6.07) is 7.00. The van der Waals surface area contributed by atoms with E-state index in [4.69, 9.17) is 4.74 Å². The molecule has 1 unspecified atom stereocenters. The summed E-state index contributed by atoms with van der Waals surface area (Å²) in [5, 5.41) is 7.51. The zero-order chi connectivity index (χ0) is 22.7. The average molecular weight is 444 g/mol. The molecule has 0 saturated carbocycles. The SMILES string of the molecule is COC(=O)CCn1c(SC(C)C(=O)Nc2c(C)nn(C)c2C)nc2ccccc2c1=O. The summed E-state index contributed by atoms with van der Waals surface area (Å²) in [6.45, 7) is 5.56. The lowest BCUT2D eigenvalue weighted by molar-refractivity contribution is -0.140. The van der Waals surface area contributed by atoms with Crippen LogP contribution < -0.4 is 10.9 Å². The molecule has 9 nitrogen and oxygen atoms in total. The molecule has 31 heavy (non-hydrogen) atoms. The normalized spacial score (nSPS) is 12.0. The van der Waals surface area contributed by atoms with Gasteiger partial charge in [0.15, 0.2) is 5.16 Å². The maximum absolute atomic E-state index is 13.0. The van der Waals surface area contributed by atoms with Gasteiger partial charge >= 0.3 is 5.97 Å². The molecule has 1 aromatic carbocycles. The molecule has 0 radical (unpaired) electrons. The highest BCUT2D eigenvalue weighted by Gasteiger charge is 2.22. The molecule has 0 saturated heterocycles. The van der Waals surface area contributed by atoms with Crippen molar-refractivity contribution >= 4 is 40.2 Å². The van der Waals surface area contributed by atoms with Crippen LogP contribution >= 0.6 is 11.8 Å². The fraction of sp³-hybridized carbons (Fsp3) is 0.381. The summed E-state index contributed by atoms with van der Waals surface area (Å²) in [5.74, 6) is -0.657. The van der Waals surface area contributed by atoms with Crippen molar-refractivity contribution in [1.82, 2.24) is 19.3 Å². The molecule has 0 aliphatic rings. The maximum atomic E-state index is 13.0. The number of aromatic nitrogens is 4. The summed E-state index contributed by atoms with van der Waals surface area (Å²) in [7, 11) is 3.11. The zero-order valence-electron chi connectivity index (χ0n) is 18.1. The molecule has 10 heteroatoms. The molecule has 164 valence electrons. The second-order valence-electron chi connectivity index (χ2n) is 7.11. The number of carbonyl (C=O) groups excluding carboxylic acids is 2. The molecule has 0 fully saturated rings. The second kappa shape index (κ2) is 9.34. The van der Waals surface area contributed by atoms with Crippen LogP contribution in [-0.2, 0) is 27.9 Å². The number of aryl methyl sites for hydroxylation is 2. The van der Waals surface area contributed by atoms with E-state index in [1.54, 1.807) is 35.9 Å². The summed E-state index contributed by atoms with van der Waals surface area (Å²) < 4.78 is 7.83. The van der Waals surface area contributed by atoms with Crippen molar-refractivity contribution in [3.8, 4) is 0 Å². The molecule has 3 rings (SSSR count). The Bertz CT molecular complexity index is 1200. The predicted octanol–water partition coefficient (Wildman–Crippen LogP) is 2.43. The molecule has 3 aromatic rings. The van der Waals surface area contributed by atoms with E-state index >= 15 is 0 Å². The molecule has 2 heterocycles. The van der Waals surface area contributed by atoms with Crippen molar-refractivity contribution in [1.29, 1.82) is 0 Å². The van der Waals surface area contributed by atoms with E-state index in [0.717, 1.165) is 23.1 Å². The number of methoxy groups -OCH3 is 1. The first-order valence-corrected chi connectivity index (χ1v) is 10.6. The first-order chi connectivity index (χ1) is 14.7. The van der Waals surface area contributed by atoms with Crippen molar-refractivity contribution in [2.24, 2.45) is 7.05 Å². The quantitative estimate of drug-likeness (QED) is 0.339. The van der Waals surface area contributed by atoms with E-state index in [-0.39, 0.29) is 24.4 Å². The third kappa shape index (κ3) is 4.79. The van der Waals surface area contributed by atoms with Gasteiger partial charge in [-0.05, 0) is 32.9 Å². The van der Waals surface area contributed by atoms with E-state index < -0.39 is 11.2 Å². The van der Waals surface area contributed by atoms with Gasteiger partial charge in [0.2, 0.25) is 5.91 Å². The molecule has 0 aliphatic carbocycles. The van der Waals surface area contributed by atoms with Gasteiger partial charge in [0.1, 0.15) is 0 Å². The number of carbonyl (C=O) groups is 2. The minimum Gasteiger partial charge on any atom is -0.469 e. The van der Waals surface area contributed by atoms with Crippen LogP contribution in [0, 0.1) is 13.8 Å². The van der Waals surface area contributed by atoms with Gasteiger partial charge in [0.05, 0.1) is 46.8 Å². The summed E-state index contributed by atoms with van der Waals surface area (Å²) >= 11 is 1.16. The Morgan fingerprint density at radius 1 is 1.26 bits per heavy atom. The van der Waals surface area contributed by atoms with Crippen molar-refractivity contribution in [3.63, 3.8) is 0 Å². The molecule has 1 amide bonds. The first kappa shape index (κ1) is 22.5. The van der Waals surface area contributed by atoms with E-state index in [0.29, 0.717) is 21.7 Å². The molecule has 0 bridgehead atoms. The van der Waals surface area contributed by atoms with Crippen molar-refractivity contribution < 1.29 is 14.3 Å².